The number of morpholine rings is 1. The fourth-order valence-electron chi connectivity index (χ4n) is 1.54. The van der Waals surface area contributed by atoms with E-state index in [1.807, 2.05) is 6.92 Å². The Morgan fingerprint density at radius 3 is 3.24 bits per heavy atom. The smallest absolute Gasteiger partial charge is 0.347 e. The van der Waals surface area contributed by atoms with Crippen molar-refractivity contribution in [1.29, 1.82) is 0 Å². The lowest BCUT2D eigenvalue weighted by atomic mass is 10.2. The van der Waals surface area contributed by atoms with Crippen LogP contribution in [-0.2, 0) is 4.74 Å². The van der Waals surface area contributed by atoms with E-state index in [-0.39, 0.29) is 17.2 Å². The summed E-state index contributed by atoms with van der Waals surface area (Å²) in [4.78, 5) is 13.8. The SMILES string of the molecule is CC1CNCC(COc2ncc([N+](=O)[O-])s2)O1. The van der Waals surface area contributed by atoms with Gasteiger partial charge in [-0.25, -0.2) is 4.98 Å². The van der Waals surface area contributed by atoms with Crippen LogP contribution < -0.4 is 10.1 Å². The largest absolute Gasteiger partial charge is 0.467 e. The van der Waals surface area contributed by atoms with Crippen LogP contribution in [0.25, 0.3) is 0 Å². The summed E-state index contributed by atoms with van der Waals surface area (Å²) in [5.74, 6) is 0. The van der Waals surface area contributed by atoms with E-state index in [4.69, 9.17) is 9.47 Å². The van der Waals surface area contributed by atoms with Crippen LogP contribution >= 0.6 is 11.3 Å². The third-order valence-electron chi connectivity index (χ3n) is 2.27. The van der Waals surface area contributed by atoms with Gasteiger partial charge in [0.2, 0.25) is 0 Å². The van der Waals surface area contributed by atoms with Crippen LogP contribution in [0.5, 0.6) is 5.19 Å². The number of nitrogens with zero attached hydrogens (tertiary/aromatic N) is 2. The molecular formula is C9H13N3O4S. The zero-order chi connectivity index (χ0) is 12.3. The quantitative estimate of drug-likeness (QED) is 0.636. The third kappa shape index (κ3) is 3.35. The highest BCUT2D eigenvalue weighted by Gasteiger charge is 2.20. The molecule has 1 saturated heterocycles. The normalized spacial score (nSPS) is 24.5. The molecule has 2 unspecified atom stereocenters. The second kappa shape index (κ2) is 5.39. The summed E-state index contributed by atoms with van der Waals surface area (Å²) in [6.07, 6.45) is 1.31. The molecule has 8 heteroatoms. The molecule has 0 radical (unpaired) electrons. The number of nitro groups is 1. The lowest BCUT2D eigenvalue weighted by molar-refractivity contribution is -0.380. The number of aromatic nitrogens is 1. The minimum atomic E-state index is -0.481. The Morgan fingerprint density at radius 1 is 1.76 bits per heavy atom. The Hall–Kier alpha value is -1.25. The number of thiazole rings is 1. The molecule has 0 aromatic carbocycles. The molecule has 0 amide bonds. The van der Waals surface area contributed by atoms with E-state index in [1.165, 1.54) is 6.20 Å². The maximum Gasteiger partial charge on any atom is 0.347 e. The first-order valence-electron chi connectivity index (χ1n) is 5.24. The van der Waals surface area contributed by atoms with E-state index in [1.54, 1.807) is 0 Å². The molecule has 7 nitrogen and oxygen atoms in total. The minimum absolute atomic E-state index is 0.0175. The highest BCUT2D eigenvalue weighted by Crippen LogP contribution is 2.27. The summed E-state index contributed by atoms with van der Waals surface area (Å²) in [5.41, 5.74) is 0. The first-order valence-corrected chi connectivity index (χ1v) is 6.06. The summed E-state index contributed by atoms with van der Waals surface area (Å²) in [6.45, 7) is 3.88. The fourth-order valence-corrected chi connectivity index (χ4v) is 2.13. The Morgan fingerprint density at radius 2 is 2.59 bits per heavy atom. The van der Waals surface area contributed by atoms with Crippen LogP contribution in [0.3, 0.4) is 0 Å². The number of rotatable bonds is 4. The summed E-state index contributed by atoms with van der Waals surface area (Å²) < 4.78 is 11.0. The van der Waals surface area contributed by atoms with Crippen molar-refractivity contribution >= 4 is 16.3 Å². The van der Waals surface area contributed by atoms with Gasteiger partial charge in [-0.3, -0.25) is 10.1 Å². The Balaban J connectivity index is 1.82. The van der Waals surface area contributed by atoms with Gasteiger partial charge in [0.25, 0.3) is 5.19 Å². The molecule has 2 rings (SSSR count). The number of ether oxygens (including phenoxy) is 2. The van der Waals surface area contributed by atoms with Crippen molar-refractivity contribution in [1.82, 2.24) is 10.3 Å². The van der Waals surface area contributed by atoms with Crippen LogP contribution in [0.4, 0.5) is 5.00 Å². The molecule has 1 N–H and O–H groups in total. The molecule has 1 aromatic rings. The third-order valence-corrected chi connectivity index (χ3v) is 3.13. The second-order valence-electron chi connectivity index (χ2n) is 3.76. The molecular weight excluding hydrogens is 246 g/mol. The average Bonchev–Trinajstić information content (AvgIpc) is 2.75. The van der Waals surface area contributed by atoms with E-state index in [0.29, 0.717) is 11.8 Å². The monoisotopic (exact) mass is 259 g/mol. The number of hydrogen-bond donors (Lipinski definition) is 1. The molecule has 17 heavy (non-hydrogen) atoms. The molecule has 0 saturated carbocycles. The Labute approximate surface area is 102 Å². The summed E-state index contributed by atoms with van der Waals surface area (Å²) in [6, 6.07) is 0. The standard InChI is InChI=1S/C9H13N3O4S/c1-6-2-10-3-7(16-6)5-15-9-11-4-8(17-9)12(13)14/h4,6-7,10H,2-3,5H2,1H3. The van der Waals surface area contributed by atoms with Crippen LogP contribution in [0.15, 0.2) is 6.20 Å². The van der Waals surface area contributed by atoms with Crippen molar-refractivity contribution in [3.63, 3.8) is 0 Å². The van der Waals surface area contributed by atoms with E-state index < -0.39 is 4.92 Å². The van der Waals surface area contributed by atoms with Gasteiger partial charge in [0.1, 0.15) is 18.9 Å². The lowest BCUT2D eigenvalue weighted by Crippen LogP contribution is -2.45. The maximum atomic E-state index is 10.4. The van der Waals surface area contributed by atoms with Crippen LogP contribution in [0.2, 0.25) is 0 Å². The molecule has 2 atom stereocenters. The first-order chi connectivity index (χ1) is 8.15. The predicted octanol–water partition coefficient (Wildman–Crippen LogP) is 0.807. The van der Waals surface area contributed by atoms with E-state index >= 15 is 0 Å². The van der Waals surface area contributed by atoms with Crippen molar-refractivity contribution in [3.05, 3.63) is 16.3 Å². The van der Waals surface area contributed by atoms with E-state index in [9.17, 15) is 10.1 Å². The molecule has 2 heterocycles. The summed E-state index contributed by atoms with van der Waals surface area (Å²) in [5, 5.41) is 13.9. The van der Waals surface area contributed by atoms with E-state index in [0.717, 1.165) is 24.4 Å². The van der Waals surface area contributed by atoms with E-state index in [2.05, 4.69) is 10.3 Å². The topological polar surface area (TPSA) is 86.5 Å². The van der Waals surface area contributed by atoms with Gasteiger partial charge in [0.05, 0.1) is 11.0 Å². The van der Waals surface area contributed by atoms with Gasteiger partial charge in [-0.2, -0.15) is 0 Å². The average molecular weight is 259 g/mol. The molecule has 0 bridgehead atoms. The number of nitrogens with one attached hydrogen (secondary N) is 1. The van der Waals surface area contributed by atoms with Gasteiger partial charge in [-0.05, 0) is 18.3 Å². The molecule has 1 aliphatic heterocycles. The van der Waals surface area contributed by atoms with Gasteiger partial charge < -0.3 is 14.8 Å². The van der Waals surface area contributed by atoms with Gasteiger partial charge >= 0.3 is 5.00 Å². The molecule has 94 valence electrons. The highest BCUT2D eigenvalue weighted by molar-refractivity contribution is 7.16. The number of hydrogen-bond acceptors (Lipinski definition) is 7. The second-order valence-corrected chi connectivity index (χ2v) is 4.73. The molecule has 1 aliphatic rings. The molecule has 1 aromatic heterocycles. The van der Waals surface area contributed by atoms with Gasteiger partial charge in [-0.1, -0.05) is 0 Å². The van der Waals surface area contributed by atoms with Crippen molar-refractivity contribution < 1.29 is 14.4 Å². The Kier molecular flexibility index (Phi) is 3.87. The summed E-state index contributed by atoms with van der Waals surface area (Å²) >= 11 is 0.922. The fraction of sp³-hybridized carbons (Fsp3) is 0.667. The van der Waals surface area contributed by atoms with Crippen LogP contribution in [-0.4, -0.2) is 41.8 Å². The zero-order valence-electron chi connectivity index (χ0n) is 9.29. The van der Waals surface area contributed by atoms with Gasteiger partial charge in [0.15, 0.2) is 0 Å². The van der Waals surface area contributed by atoms with Gasteiger partial charge in [-0.15, -0.1) is 0 Å². The Bertz CT molecular complexity index is 397. The van der Waals surface area contributed by atoms with Crippen molar-refractivity contribution in [2.45, 2.75) is 19.1 Å². The predicted molar refractivity (Wildman–Crippen MR) is 61.5 cm³/mol. The highest BCUT2D eigenvalue weighted by atomic mass is 32.1. The lowest BCUT2D eigenvalue weighted by Gasteiger charge is -2.28. The zero-order valence-corrected chi connectivity index (χ0v) is 10.1. The summed E-state index contributed by atoms with van der Waals surface area (Å²) in [7, 11) is 0. The van der Waals surface area contributed by atoms with Crippen molar-refractivity contribution in [2.75, 3.05) is 19.7 Å². The van der Waals surface area contributed by atoms with Crippen molar-refractivity contribution in [2.24, 2.45) is 0 Å². The maximum absolute atomic E-state index is 10.4. The molecule has 0 aliphatic carbocycles. The van der Waals surface area contributed by atoms with Crippen molar-refractivity contribution in [3.8, 4) is 5.19 Å². The van der Waals surface area contributed by atoms with Gasteiger partial charge in [0, 0.05) is 13.1 Å². The first kappa shape index (κ1) is 12.2. The van der Waals surface area contributed by atoms with Crippen LogP contribution in [0.1, 0.15) is 6.92 Å². The molecule has 0 spiro atoms. The minimum Gasteiger partial charge on any atom is -0.467 e. The van der Waals surface area contributed by atoms with Crippen LogP contribution in [0, 0.1) is 10.1 Å². The molecule has 1 fully saturated rings.